The van der Waals surface area contributed by atoms with Crippen molar-refractivity contribution in [2.24, 2.45) is 5.92 Å². The number of hydrogen-bond donors (Lipinski definition) is 1. The number of carbonyl (C=O) groups is 1. The van der Waals surface area contributed by atoms with Gasteiger partial charge < -0.3 is 14.9 Å². The van der Waals surface area contributed by atoms with E-state index < -0.39 is 5.92 Å². The summed E-state index contributed by atoms with van der Waals surface area (Å²) in [6, 6.07) is 9.42. The number of pyridine rings is 1. The number of aliphatic hydroxyl groups excluding tert-OH is 1. The van der Waals surface area contributed by atoms with Gasteiger partial charge in [0.15, 0.2) is 5.82 Å². The van der Waals surface area contributed by atoms with Gasteiger partial charge in [-0.1, -0.05) is 24.3 Å². The monoisotopic (exact) mass is 481 g/mol. The molecule has 2 fully saturated rings. The second kappa shape index (κ2) is 9.45. The Labute approximate surface area is 202 Å². The topological polar surface area (TPSA) is 82.4 Å². The van der Waals surface area contributed by atoms with Gasteiger partial charge in [-0.2, -0.15) is 0 Å². The first-order valence-electron chi connectivity index (χ1n) is 12.1. The maximum Gasteiger partial charge on any atom is 0.248 e. The third-order valence-electron chi connectivity index (χ3n) is 7.25. The van der Waals surface area contributed by atoms with Gasteiger partial charge in [0.25, 0.3) is 0 Å². The predicted molar refractivity (Wildman–Crippen MR) is 129 cm³/mol. The van der Waals surface area contributed by atoms with Crippen molar-refractivity contribution in [1.82, 2.24) is 20.1 Å². The highest BCUT2D eigenvalue weighted by Gasteiger charge is 2.40. The normalized spacial score (nSPS) is 20.9. The second-order valence-electron chi connectivity index (χ2n) is 9.61. The molecule has 0 unspecified atom stereocenters. The number of hydrogen-bond acceptors (Lipinski definition) is 6. The zero-order chi connectivity index (χ0) is 24.6. The van der Waals surface area contributed by atoms with Crippen LogP contribution < -0.4 is 4.90 Å². The Morgan fingerprint density at radius 1 is 1.09 bits per heavy atom. The third kappa shape index (κ3) is 4.69. The fourth-order valence-corrected chi connectivity index (χ4v) is 5.20. The number of amides is 1. The first-order chi connectivity index (χ1) is 16.9. The molecule has 2 aliphatic rings. The highest BCUT2D eigenvalue weighted by Crippen LogP contribution is 2.38. The molecule has 35 heavy (non-hydrogen) atoms. The molecule has 1 aliphatic carbocycles. The smallest absolute Gasteiger partial charge is 0.248 e. The van der Waals surface area contributed by atoms with Crippen molar-refractivity contribution in [1.29, 1.82) is 0 Å². The molecule has 0 bridgehead atoms. The van der Waals surface area contributed by atoms with E-state index in [0.717, 1.165) is 33.4 Å². The van der Waals surface area contributed by atoms with Gasteiger partial charge in [0.1, 0.15) is 5.69 Å². The molecule has 1 saturated heterocycles. The number of alkyl halides is 2. The molecule has 3 heterocycles. The SMILES string of the molecule is C[C@H]1CN(c2nnc(-c3ccc(CO)cc3)c3ccncc23)CCN1C(=O)C1CCC(F)(F)CC1. The molecule has 0 radical (unpaired) electrons. The summed E-state index contributed by atoms with van der Waals surface area (Å²) in [6.07, 6.45) is 3.60. The summed E-state index contributed by atoms with van der Waals surface area (Å²) < 4.78 is 27.1. The molecule has 1 aliphatic heterocycles. The highest BCUT2D eigenvalue weighted by atomic mass is 19.3. The highest BCUT2D eigenvalue weighted by molar-refractivity contribution is 5.99. The molecule has 1 N–H and O–H groups in total. The minimum atomic E-state index is -2.64. The summed E-state index contributed by atoms with van der Waals surface area (Å²) in [4.78, 5) is 21.4. The number of piperazine rings is 1. The van der Waals surface area contributed by atoms with E-state index in [1.54, 1.807) is 12.4 Å². The fraction of sp³-hybridized carbons (Fsp3) is 0.462. The number of rotatable bonds is 4. The molecule has 9 heteroatoms. The zero-order valence-corrected chi connectivity index (χ0v) is 19.7. The molecular weight excluding hydrogens is 452 g/mol. The standard InChI is InChI=1S/C26H29F2N5O2/c1-17-15-32(12-13-33(17)25(35)20-6-9-26(27,28)10-7-20)24-22-14-29-11-8-21(22)23(30-31-24)19-4-2-18(16-34)3-5-19/h2-5,8,11,14,17,20,34H,6-7,9-10,12-13,15-16H2,1H3/t17-/m0/s1. The van der Waals surface area contributed by atoms with Crippen LogP contribution in [0.15, 0.2) is 42.7 Å². The molecule has 1 aromatic carbocycles. The van der Waals surface area contributed by atoms with E-state index in [4.69, 9.17) is 0 Å². The van der Waals surface area contributed by atoms with Gasteiger partial charge in [-0.3, -0.25) is 9.78 Å². The lowest BCUT2D eigenvalue weighted by atomic mass is 9.85. The molecule has 184 valence electrons. The van der Waals surface area contributed by atoms with E-state index in [1.165, 1.54) is 0 Å². The van der Waals surface area contributed by atoms with Gasteiger partial charge in [0.2, 0.25) is 11.8 Å². The molecular formula is C26H29F2N5O2. The lowest BCUT2D eigenvalue weighted by molar-refractivity contribution is -0.142. The molecule has 1 amide bonds. The van der Waals surface area contributed by atoms with Crippen molar-refractivity contribution < 1.29 is 18.7 Å². The average Bonchev–Trinajstić information content (AvgIpc) is 2.88. The number of carbonyl (C=O) groups excluding carboxylic acids is 1. The van der Waals surface area contributed by atoms with Crippen LogP contribution in [-0.4, -0.2) is 62.7 Å². The van der Waals surface area contributed by atoms with Gasteiger partial charge in [-0.25, -0.2) is 8.78 Å². The van der Waals surface area contributed by atoms with Crippen molar-refractivity contribution in [2.45, 2.75) is 51.2 Å². The third-order valence-corrected chi connectivity index (χ3v) is 7.25. The molecule has 7 nitrogen and oxygen atoms in total. The number of anilines is 1. The van der Waals surface area contributed by atoms with Gasteiger partial charge in [0, 0.05) is 73.2 Å². The maximum atomic E-state index is 13.5. The zero-order valence-electron chi connectivity index (χ0n) is 19.7. The summed E-state index contributed by atoms with van der Waals surface area (Å²) >= 11 is 0. The molecule has 1 saturated carbocycles. The Bertz CT molecular complexity index is 1210. The van der Waals surface area contributed by atoms with Gasteiger partial charge in [-0.15, -0.1) is 10.2 Å². The summed E-state index contributed by atoms with van der Waals surface area (Å²) in [5, 5.41) is 20.2. The van der Waals surface area contributed by atoms with E-state index in [0.29, 0.717) is 19.6 Å². The number of aliphatic hydroxyl groups is 1. The van der Waals surface area contributed by atoms with Crippen LogP contribution >= 0.6 is 0 Å². The van der Waals surface area contributed by atoms with Crippen LogP contribution in [0.3, 0.4) is 0 Å². The summed E-state index contributed by atoms with van der Waals surface area (Å²) in [5.41, 5.74) is 2.47. The summed E-state index contributed by atoms with van der Waals surface area (Å²) in [7, 11) is 0. The van der Waals surface area contributed by atoms with Crippen LogP contribution in [0.5, 0.6) is 0 Å². The lowest BCUT2D eigenvalue weighted by Gasteiger charge is -2.42. The molecule has 0 spiro atoms. The van der Waals surface area contributed by atoms with Crippen LogP contribution in [-0.2, 0) is 11.4 Å². The Morgan fingerprint density at radius 2 is 1.83 bits per heavy atom. The van der Waals surface area contributed by atoms with Crippen LogP contribution in [0, 0.1) is 5.92 Å². The van der Waals surface area contributed by atoms with Crippen LogP contribution in [0.25, 0.3) is 22.0 Å². The van der Waals surface area contributed by atoms with E-state index in [2.05, 4.69) is 20.1 Å². The Balaban J connectivity index is 1.36. The Morgan fingerprint density at radius 3 is 2.51 bits per heavy atom. The quantitative estimate of drug-likeness (QED) is 0.606. The molecule has 5 rings (SSSR count). The van der Waals surface area contributed by atoms with Crippen LogP contribution in [0.2, 0.25) is 0 Å². The van der Waals surface area contributed by atoms with Crippen LogP contribution in [0.1, 0.15) is 38.2 Å². The second-order valence-corrected chi connectivity index (χ2v) is 9.61. The number of halogens is 2. The van der Waals surface area contributed by atoms with E-state index in [-0.39, 0.29) is 50.2 Å². The van der Waals surface area contributed by atoms with Crippen LogP contribution in [0.4, 0.5) is 14.6 Å². The Hall–Kier alpha value is -3.20. The maximum absolute atomic E-state index is 13.5. The number of benzene rings is 1. The van der Waals surface area contributed by atoms with Crippen molar-refractivity contribution >= 4 is 22.5 Å². The lowest BCUT2D eigenvalue weighted by Crippen LogP contribution is -2.56. The first kappa shape index (κ1) is 23.5. The van der Waals surface area contributed by atoms with E-state index in [9.17, 15) is 18.7 Å². The van der Waals surface area contributed by atoms with Crippen molar-refractivity contribution in [3.63, 3.8) is 0 Å². The van der Waals surface area contributed by atoms with Gasteiger partial charge >= 0.3 is 0 Å². The van der Waals surface area contributed by atoms with E-state index in [1.807, 2.05) is 42.2 Å². The minimum Gasteiger partial charge on any atom is -0.392 e. The molecule has 1 atom stereocenters. The molecule has 3 aromatic rings. The summed E-state index contributed by atoms with van der Waals surface area (Å²) in [6.45, 7) is 3.66. The first-order valence-corrected chi connectivity index (χ1v) is 12.1. The Kier molecular flexibility index (Phi) is 6.35. The predicted octanol–water partition coefficient (Wildman–Crippen LogP) is 4.05. The van der Waals surface area contributed by atoms with Gasteiger partial charge in [-0.05, 0) is 31.4 Å². The van der Waals surface area contributed by atoms with E-state index >= 15 is 0 Å². The number of aromatic nitrogens is 3. The largest absolute Gasteiger partial charge is 0.392 e. The van der Waals surface area contributed by atoms with Crippen molar-refractivity contribution in [3.05, 3.63) is 48.3 Å². The average molecular weight is 482 g/mol. The van der Waals surface area contributed by atoms with Crippen molar-refractivity contribution in [3.8, 4) is 11.3 Å². The van der Waals surface area contributed by atoms with Crippen molar-refractivity contribution in [2.75, 3.05) is 24.5 Å². The molecule has 2 aromatic heterocycles. The summed E-state index contributed by atoms with van der Waals surface area (Å²) in [5.74, 6) is -2.24. The minimum absolute atomic E-state index is 0.00747. The van der Waals surface area contributed by atoms with Gasteiger partial charge in [0.05, 0.1) is 6.61 Å². The number of fused-ring (bicyclic) bond motifs is 1. The fourth-order valence-electron chi connectivity index (χ4n) is 5.20. The number of nitrogens with zero attached hydrogens (tertiary/aromatic N) is 5.